The van der Waals surface area contributed by atoms with Crippen LogP contribution in [0.15, 0.2) is 36.5 Å². The Morgan fingerprint density at radius 1 is 1.28 bits per heavy atom. The first-order valence-corrected chi connectivity index (χ1v) is 6.68. The highest BCUT2D eigenvalue weighted by atomic mass is 15.2. The minimum atomic E-state index is 0.212. The van der Waals surface area contributed by atoms with E-state index in [2.05, 4.69) is 34.7 Å². The van der Waals surface area contributed by atoms with Crippen molar-refractivity contribution in [2.24, 2.45) is 11.8 Å². The number of hydrazine groups is 1. The number of fused-ring (bicyclic) bond motifs is 1. The van der Waals surface area contributed by atoms with E-state index in [0.29, 0.717) is 0 Å². The molecule has 1 aliphatic carbocycles. The Morgan fingerprint density at radius 2 is 2.11 bits per heavy atom. The van der Waals surface area contributed by atoms with E-state index in [4.69, 9.17) is 5.84 Å². The second-order valence-corrected chi connectivity index (χ2v) is 5.16. The normalized spacial score (nSPS) is 16.9. The number of nitrogens with one attached hydrogen (secondary N) is 1. The van der Waals surface area contributed by atoms with Gasteiger partial charge in [-0.15, -0.1) is 0 Å². The van der Waals surface area contributed by atoms with Crippen molar-refractivity contribution in [1.29, 1.82) is 0 Å². The molecule has 3 nitrogen and oxygen atoms in total. The molecule has 0 bridgehead atoms. The maximum Gasteiger partial charge on any atom is 0.0750 e. The van der Waals surface area contributed by atoms with Gasteiger partial charge in [-0.05, 0) is 30.4 Å². The average Bonchev–Trinajstić information content (AvgIpc) is 3.24. The predicted molar refractivity (Wildman–Crippen MR) is 73.8 cm³/mol. The number of pyridine rings is 1. The van der Waals surface area contributed by atoms with Crippen molar-refractivity contribution in [3.63, 3.8) is 0 Å². The van der Waals surface area contributed by atoms with E-state index in [9.17, 15) is 0 Å². The molecule has 1 saturated carbocycles. The molecule has 0 radical (unpaired) electrons. The molecule has 1 atom stereocenters. The molecule has 3 rings (SSSR count). The van der Waals surface area contributed by atoms with Crippen LogP contribution in [0.3, 0.4) is 0 Å². The minimum absolute atomic E-state index is 0.212. The summed E-state index contributed by atoms with van der Waals surface area (Å²) in [6.45, 7) is 0. The maximum atomic E-state index is 5.72. The molecule has 1 aromatic heterocycles. The highest BCUT2D eigenvalue weighted by molar-refractivity contribution is 5.81. The third-order valence-electron chi connectivity index (χ3n) is 3.80. The number of benzene rings is 1. The number of hydrogen-bond acceptors (Lipinski definition) is 3. The van der Waals surface area contributed by atoms with E-state index in [1.54, 1.807) is 0 Å². The van der Waals surface area contributed by atoms with Gasteiger partial charge in [-0.2, -0.15) is 0 Å². The number of rotatable bonds is 5. The van der Waals surface area contributed by atoms with E-state index in [0.717, 1.165) is 17.9 Å². The summed E-state index contributed by atoms with van der Waals surface area (Å²) in [7, 11) is 0. The molecule has 0 spiro atoms. The van der Waals surface area contributed by atoms with Crippen LogP contribution in [-0.4, -0.2) is 4.98 Å². The molecule has 2 aromatic rings. The summed E-state index contributed by atoms with van der Waals surface area (Å²) in [4.78, 5) is 4.50. The monoisotopic (exact) mass is 241 g/mol. The molecule has 1 heterocycles. The molecule has 1 unspecified atom stereocenters. The first-order valence-electron chi connectivity index (χ1n) is 6.68. The highest BCUT2D eigenvalue weighted by Gasteiger charge is 2.23. The lowest BCUT2D eigenvalue weighted by atomic mass is 9.98. The van der Waals surface area contributed by atoms with Gasteiger partial charge in [0.15, 0.2) is 0 Å². The third kappa shape index (κ3) is 2.37. The van der Waals surface area contributed by atoms with Crippen LogP contribution >= 0.6 is 0 Å². The molecular formula is C15H19N3. The van der Waals surface area contributed by atoms with Gasteiger partial charge in [-0.1, -0.05) is 37.1 Å². The van der Waals surface area contributed by atoms with Crippen LogP contribution in [-0.2, 0) is 0 Å². The lowest BCUT2D eigenvalue weighted by molar-refractivity contribution is 0.484. The lowest BCUT2D eigenvalue weighted by Gasteiger charge is -2.17. The number of nitrogens with two attached hydrogens (primary N) is 1. The highest BCUT2D eigenvalue weighted by Crippen LogP contribution is 2.36. The topological polar surface area (TPSA) is 50.9 Å². The molecular weight excluding hydrogens is 222 g/mol. The van der Waals surface area contributed by atoms with Crippen molar-refractivity contribution < 1.29 is 0 Å². The molecule has 0 amide bonds. The summed E-state index contributed by atoms with van der Waals surface area (Å²) in [5.74, 6) is 6.66. The van der Waals surface area contributed by atoms with Crippen molar-refractivity contribution in [3.05, 3.63) is 42.1 Å². The summed E-state index contributed by atoms with van der Waals surface area (Å²) >= 11 is 0. The van der Waals surface area contributed by atoms with Crippen LogP contribution in [0.25, 0.3) is 10.9 Å². The van der Waals surface area contributed by atoms with Crippen molar-refractivity contribution in [3.8, 4) is 0 Å². The van der Waals surface area contributed by atoms with E-state index in [1.807, 2.05) is 12.3 Å². The Balaban J connectivity index is 1.89. The Hall–Kier alpha value is -1.45. The molecule has 1 aromatic carbocycles. The first kappa shape index (κ1) is 11.6. The quantitative estimate of drug-likeness (QED) is 0.625. The Bertz CT molecular complexity index is 529. The fourth-order valence-electron chi connectivity index (χ4n) is 2.55. The molecule has 0 aliphatic heterocycles. The standard InChI is InChI=1S/C15H19N3/c16-18-14(9-8-11-6-7-11)13-5-1-3-12-4-2-10-17-15(12)13/h1-5,10-11,14,18H,6-9,16H2. The van der Waals surface area contributed by atoms with Crippen LogP contribution in [0.1, 0.15) is 37.3 Å². The fraction of sp³-hybridized carbons (Fsp3) is 0.400. The summed E-state index contributed by atoms with van der Waals surface area (Å²) in [5, 5.41) is 1.18. The SMILES string of the molecule is NNC(CCC1CC1)c1cccc2cccnc12. The maximum absolute atomic E-state index is 5.72. The number of aromatic nitrogens is 1. The van der Waals surface area contributed by atoms with Crippen molar-refractivity contribution in [1.82, 2.24) is 10.4 Å². The molecule has 18 heavy (non-hydrogen) atoms. The van der Waals surface area contributed by atoms with Crippen LogP contribution in [0.2, 0.25) is 0 Å². The largest absolute Gasteiger partial charge is 0.271 e. The Morgan fingerprint density at radius 3 is 2.89 bits per heavy atom. The molecule has 0 saturated heterocycles. The van der Waals surface area contributed by atoms with E-state index < -0.39 is 0 Å². The number of nitrogens with zero attached hydrogens (tertiary/aromatic N) is 1. The van der Waals surface area contributed by atoms with Gasteiger partial charge in [0.25, 0.3) is 0 Å². The van der Waals surface area contributed by atoms with Crippen LogP contribution in [0.4, 0.5) is 0 Å². The van der Waals surface area contributed by atoms with Gasteiger partial charge in [0.2, 0.25) is 0 Å². The van der Waals surface area contributed by atoms with Crippen molar-refractivity contribution in [2.75, 3.05) is 0 Å². The molecule has 1 fully saturated rings. The lowest BCUT2D eigenvalue weighted by Crippen LogP contribution is -2.28. The molecule has 3 heteroatoms. The molecule has 94 valence electrons. The average molecular weight is 241 g/mol. The van der Waals surface area contributed by atoms with Gasteiger partial charge in [0.05, 0.1) is 5.52 Å². The van der Waals surface area contributed by atoms with Crippen LogP contribution in [0.5, 0.6) is 0 Å². The zero-order valence-electron chi connectivity index (χ0n) is 10.5. The van der Waals surface area contributed by atoms with Gasteiger partial charge in [0.1, 0.15) is 0 Å². The summed E-state index contributed by atoms with van der Waals surface area (Å²) in [5.41, 5.74) is 5.24. The Labute approximate surface area is 107 Å². The minimum Gasteiger partial charge on any atom is -0.271 e. The molecule has 3 N–H and O–H groups in total. The predicted octanol–water partition coefficient (Wildman–Crippen LogP) is 2.93. The van der Waals surface area contributed by atoms with Gasteiger partial charge in [-0.25, -0.2) is 0 Å². The second kappa shape index (κ2) is 5.04. The van der Waals surface area contributed by atoms with Crippen molar-refractivity contribution >= 4 is 10.9 Å². The Kier molecular flexibility index (Phi) is 3.26. The van der Waals surface area contributed by atoms with E-state index in [1.165, 1.54) is 30.2 Å². The van der Waals surface area contributed by atoms with E-state index >= 15 is 0 Å². The molecule has 1 aliphatic rings. The van der Waals surface area contributed by atoms with Crippen LogP contribution in [0, 0.1) is 5.92 Å². The number of para-hydroxylation sites is 1. The summed E-state index contributed by atoms with van der Waals surface area (Å²) in [6, 6.07) is 10.6. The fourth-order valence-corrected chi connectivity index (χ4v) is 2.55. The van der Waals surface area contributed by atoms with Crippen LogP contribution < -0.4 is 11.3 Å². The summed E-state index contributed by atoms with van der Waals surface area (Å²) in [6.07, 6.45) is 6.99. The number of hydrogen-bond donors (Lipinski definition) is 2. The zero-order valence-corrected chi connectivity index (χ0v) is 10.5. The van der Waals surface area contributed by atoms with Gasteiger partial charge >= 0.3 is 0 Å². The van der Waals surface area contributed by atoms with Gasteiger partial charge in [-0.3, -0.25) is 16.3 Å². The van der Waals surface area contributed by atoms with E-state index in [-0.39, 0.29) is 6.04 Å². The second-order valence-electron chi connectivity index (χ2n) is 5.16. The van der Waals surface area contributed by atoms with Gasteiger partial charge in [0, 0.05) is 17.6 Å². The van der Waals surface area contributed by atoms with Crippen molar-refractivity contribution in [2.45, 2.75) is 31.7 Å². The van der Waals surface area contributed by atoms with Gasteiger partial charge < -0.3 is 0 Å². The smallest absolute Gasteiger partial charge is 0.0750 e. The summed E-state index contributed by atoms with van der Waals surface area (Å²) < 4.78 is 0. The first-order chi connectivity index (χ1) is 8.88. The zero-order chi connectivity index (χ0) is 12.4. The third-order valence-corrected chi connectivity index (χ3v) is 3.80.